The molecule has 0 atom stereocenters. The first-order chi connectivity index (χ1) is 16.3. The molecule has 0 fully saturated rings. The van der Waals surface area contributed by atoms with E-state index in [9.17, 15) is 19.7 Å². The molecule has 9 nitrogen and oxygen atoms in total. The van der Waals surface area contributed by atoms with Gasteiger partial charge in [0.25, 0.3) is 5.69 Å². The zero-order valence-corrected chi connectivity index (χ0v) is 18.3. The molecule has 170 valence electrons. The fourth-order valence-corrected chi connectivity index (χ4v) is 3.24. The Morgan fingerprint density at radius 3 is 2.53 bits per heavy atom. The zero-order chi connectivity index (χ0) is 24.2. The minimum Gasteiger partial charge on any atom is -0.493 e. The van der Waals surface area contributed by atoms with Gasteiger partial charge in [0.15, 0.2) is 17.2 Å². The molecule has 0 N–H and O–H groups in total. The zero-order valence-electron chi connectivity index (χ0n) is 17.6. The summed E-state index contributed by atoms with van der Waals surface area (Å²) in [6.45, 7) is 0. The molecule has 1 aliphatic heterocycles. The van der Waals surface area contributed by atoms with Crippen molar-refractivity contribution in [3.8, 4) is 11.5 Å². The number of rotatable bonds is 6. The van der Waals surface area contributed by atoms with Gasteiger partial charge in [0.05, 0.1) is 17.6 Å². The number of benzene rings is 3. The van der Waals surface area contributed by atoms with Crippen LogP contribution in [0, 0.1) is 10.1 Å². The van der Waals surface area contributed by atoms with Crippen molar-refractivity contribution in [3.63, 3.8) is 0 Å². The van der Waals surface area contributed by atoms with Crippen LogP contribution in [0.4, 0.5) is 5.69 Å². The lowest BCUT2D eigenvalue weighted by Gasteiger charge is -2.10. The number of methoxy groups -OCH3 is 1. The van der Waals surface area contributed by atoms with Crippen molar-refractivity contribution < 1.29 is 28.7 Å². The Morgan fingerprint density at radius 1 is 1.09 bits per heavy atom. The van der Waals surface area contributed by atoms with Crippen LogP contribution in [-0.2, 0) is 9.53 Å². The highest BCUT2D eigenvalue weighted by Crippen LogP contribution is 2.31. The summed E-state index contributed by atoms with van der Waals surface area (Å²) in [6.07, 6.45) is 1.50. The summed E-state index contributed by atoms with van der Waals surface area (Å²) in [4.78, 5) is 39.1. The number of ether oxygens (including phenoxy) is 3. The quantitative estimate of drug-likeness (QED) is 0.164. The highest BCUT2D eigenvalue weighted by molar-refractivity contribution is 6.31. The molecule has 0 saturated heterocycles. The van der Waals surface area contributed by atoms with Gasteiger partial charge >= 0.3 is 11.9 Å². The number of nitrogens with zero attached hydrogens (tertiary/aromatic N) is 2. The highest BCUT2D eigenvalue weighted by Gasteiger charge is 2.24. The summed E-state index contributed by atoms with van der Waals surface area (Å²) in [7, 11) is 1.40. The van der Waals surface area contributed by atoms with Crippen LogP contribution in [-0.4, -0.2) is 29.9 Å². The van der Waals surface area contributed by atoms with E-state index in [1.165, 1.54) is 43.5 Å². The molecular formula is C24H15ClN2O7. The number of hydrogen-bond acceptors (Lipinski definition) is 8. The molecule has 1 aliphatic rings. The van der Waals surface area contributed by atoms with Gasteiger partial charge in [-0.3, -0.25) is 10.1 Å². The lowest BCUT2D eigenvalue weighted by molar-refractivity contribution is -0.384. The van der Waals surface area contributed by atoms with E-state index >= 15 is 0 Å². The molecule has 3 aromatic rings. The fraction of sp³-hybridized carbons (Fsp3) is 0.0417. The van der Waals surface area contributed by atoms with Gasteiger partial charge in [-0.15, -0.1) is 0 Å². The minimum absolute atomic E-state index is 0.0765. The first-order valence-electron chi connectivity index (χ1n) is 9.77. The molecule has 0 bridgehead atoms. The number of aliphatic imine (C=N–C) groups is 1. The SMILES string of the molecule is COc1cc(C=C2N=C(c3cccc(Cl)c3)OC2=O)ccc1OC(=O)c1ccc([N+](=O)[O-])cc1. The molecule has 0 aromatic heterocycles. The molecule has 4 rings (SSSR count). The van der Waals surface area contributed by atoms with Crippen LogP contribution in [0.25, 0.3) is 6.08 Å². The number of cyclic esters (lactones) is 1. The van der Waals surface area contributed by atoms with Crippen LogP contribution >= 0.6 is 11.6 Å². The first-order valence-corrected chi connectivity index (χ1v) is 10.1. The van der Waals surface area contributed by atoms with Gasteiger partial charge in [-0.05, 0) is 54.1 Å². The van der Waals surface area contributed by atoms with E-state index in [0.29, 0.717) is 16.1 Å². The Balaban J connectivity index is 1.55. The van der Waals surface area contributed by atoms with E-state index < -0.39 is 16.9 Å². The molecule has 34 heavy (non-hydrogen) atoms. The molecule has 0 unspecified atom stereocenters. The van der Waals surface area contributed by atoms with Crippen LogP contribution in [0.2, 0.25) is 5.02 Å². The Hall–Kier alpha value is -4.50. The van der Waals surface area contributed by atoms with Crippen LogP contribution in [0.3, 0.4) is 0 Å². The lowest BCUT2D eigenvalue weighted by Crippen LogP contribution is -2.09. The van der Waals surface area contributed by atoms with Crippen molar-refractivity contribution in [2.75, 3.05) is 7.11 Å². The van der Waals surface area contributed by atoms with Gasteiger partial charge in [0.2, 0.25) is 5.90 Å². The van der Waals surface area contributed by atoms with Gasteiger partial charge in [-0.25, -0.2) is 14.6 Å². The van der Waals surface area contributed by atoms with Crippen molar-refractivity contribution >= 4 is 41.2 Å². The van der Waals surface area contributed by atoms with E-state index in [0.717, 1.165) is 0 Å². The molecule has 3 aromatic carbocycles. The topological polar surface area (TPSA) is 117 Å². The summed E-state index contributed by atoms with van der Waals surface area (Å²) in [5.74, 6) is -0.837. The predicted octanol–water partition coefficient (Wildman–Crippen LogP) is 4.82. The molecular weight excluding hydrogens is 464 g/mol. The third-order valence-electron chi connectivity index (χ3n) is 4.70. The average Bonchev–Trinajstić information content (AvgIpc) is 3.20. The maximum atomic E-state index is 12.4. The van der Waals surface area contributed by atoms with Crippen molar-refractivity contribution in [1.82, 2.24) is 0 Å². The monoisotopic (exact) mass is 478 g/mol. The summed E-state index contributed by atoms with van der Waals surface area (Å²) in [6, 6.07) is 16.4. The second kappa shape index (κ2) is 9.55. The third-order valence-corrected chi connectivity index (χ3v) is 4.93. The number of carbonyl (C=O) groups excluding carboxylic acids is 2. The Morgan fingerprint density at radius 2 is 1.85 bits per heavy atom. The van der Waals surface area contributed by atoms with Crippen molar-refractivity contribution in [2.24, 2.45) is 4.99 Å². The van der Waals surface area contributed by atoms with Gasteiger partial charge in [-0.2, -0.15) is 0 Å². The van der Waals surface area contributed by atoms with Crippen molar-refractivity contribution in [3.05, 3.63) is 104 Å². The molecule has 0 aliphatic carbocycles. The third kappa shape index (κ3) is 4.94. The number of hydrogen-bond donors (Lipinski definition) is 0. The van der Waals surface area contributed by atoms with E-state index in [1.807, 2.05) is 0 Å². The Kier molecular flexibility index (Phi) is 6.37. The van der Waals surface area contributed by atoms with E-state index in [-0.39, 0.29) is 34.3 Å². The normalized spacial score (nSPS) is 13.9. The number of esters is 2. The molecule has 10 heteroatoms. The largest absolute Gasteiger partial charge is 0.493 e. The minimum atomic E-state index is -0.713. The molecule has 0 saturated carbocycles. The summed E-state index contributed by atoms with van der Waals surface area (Å²) in [5.41, 5.74) is 1.19. The van der Waals surface area contributed by atoms with Crippen molar-refractivity contribution in [2.45, 2.75) is 0 Å². The first kappa shape index (κ1) is 22.7. The van der Waals surface area contributed by atoms with E-state index in [1.54, 1.807) is 36.4 Å². The number of non-ortho nitro benzene ring substituents is 1. The Bertz CT molecular complexity index is 1360. The van der Waals surface area contributed by atoms with Crippen LogP contribution in [0.15, 0.2) is 77.4 Å². The summed E-state index contributed by atoms with van der Waals surface area (Å²) >= 11 is 5.98. The fourth-order valence-electron chi connectivity index (χ4n) is 3.05. The summed E-state index contributed by atoms with van der Waals surface area (Å²) < 4.78 is 15.9. The number of halogens is 1. The lowest BCUT2D eigenvalue weighted by atomic mass is 10.1. The van der Waals surface area contributed by atoms with Gasteiger partial charge in [-0.1, -0.05) is 23.7 Å². The van der Waals surface area contributed by atoms with E-state index in [2.05, 4.69) is 4.99 Å². The number of nitro groups is 1. The van der Waals surface area contributed by atoms with Crippen molar-refractivity contribution in [1.29, 1.82) is 0 Å². The van der Waals surface area contributed by atoms with Gasteiger partial charge < -0.3 is 14.2 Å². The molecule has 0 amide bonds. The molecule has 1 heterocycles. The highest BCUT2D eigenvalue weighted by atomic mass is 35.5. The van der Waals surface area contributed by atoms with Crippen LogP contribution in [0.5, 0.6) is 11.5 Å². The number of nitro benzene ring substituents is 1. The standard InChI is InChI=1S/C24H15ClN2O7/c1-32-21-12-14(11-19-24(29)34-22(26-19)16-3-2-4-17(25)13-16)5-10-20(21)33-23(28)15-6-8-18(9-7-15)27(30)31/h2-13H,1H3. The van der Waals surface area contributed by atoms with Crippen LogP contribution in [0.1, 0.15) is 21.5 Å². The molecule has 0 radical (unpaired) electrons. The van der Waals surface area contributed by atoms with Crippen LogP contribution < -0.4 is 9.47 Å². The average molecular weight is 479 g/mol. The second-order valence-corrected chi connectivity index (χ2v) is 7.39. The second-order valence-electron chi connectivity index (χ2n) is 6.95. The number of carbonyl (C=O) groups is 2. The smallest absolute Gasteiger partial charge is 0.363 e. The summed E-state index contributed by atoms with van der Waals surface area (Å²) in [5, 5.41) is 11.2. The van der Waals surface area contributed by atoms with Gasteiger partial charge in [0, 0.05) is 22.7 Å². The predicted molar refractivity (Wildman–Crippen MR) is 123 cm³/mol. The molecule has 0 spiro atoms. The van der Waals surface area contributed by atoms with E-state index in [4.69, 9.17) is 25.8 Å². The maximum Gasteiger partial charge on any atom is 0.363 e. The van der Waals surface area contributed by atoms with Gasteiger partial charge in [0.1, 0.15) is 0 Å². The maximum absolute atomic E-state index is 12.4. The Labute approximate surface area is 198 Å².